The molecule has 1 aromatic heterocycles. The van der Waals surface area contributed by atoms with Gasteiger partial charge in [0.15, 0.2) is 0 Å². The molecule has 0 bridgehead atoms. The fraction of sp³-hybridized carbons (Fsp3) is 0.714. The lowest BCUT2D eigenvalue weighted by Crippen LogP contribution is -2.08. The Kier molecular flexibility index (Phi) is 3.00. The van der Waals surface area contributed by atoms with Gasteiger partial charge < -0.3 is 5.73 Å². The highest BCUT2D eigenvalue weighted by Crippen LogP contribution is 2.40. The predicted octanol–water partition coefficient (Wildman–Crippen LogP) is 3.37. The summed E-state index contributed by atoms with van der Waals surface area (Å²) < 4.78 is 0. The monoisotopic (exact) mass is 231 g/mol. The lowest BCUT2D eigenvalue weighted by atomic mass is 9.99. The van der Waals surface area contributed by atoms with Crippen LogP contribution in [0.25, 0.3) is 0 Å². The van der Waals surface area contributed by atoms with Crippen molar-refractivity contribution < 1.29 is 0 Å². The summed E-state index contributed by atoms with van der Waals surface area (Å²) in [7, 11) is 0. The molecule has 17 heavy (non-hydrogen) atoms. The zero-order chi connectivity index (χ0) is 11.7. The number of nitrogen functional groups attached to an aromatic ring is 1. The minimum Gasteiger partial charge on any atom is -0.384 e. The van der Waals surface area contributed by atoms with Gasteiger partial charge in [0, 0.05) is 23.6 Å². The Bertz CT molecular complexity index is 390. The summed E-state index contributed by atoms with van der Waals surface area (Å²) in [6.45, 7) is 0. The van der Waals surface area contributed by atoms with Crippen LogP contribution in [-0.2, 0) is 0 Å². The molecule has 2 fully saturated rings. The second-order valence-corrected chi connectivity index (χ2v) is 5.54. The number of hydrogen-bond donors (Lipinski definition) is 1. The van der Waals surface area contributed by atoms with Crippen molar-refractivity contribution in [1.82, 2.24) is 9.97 Å². The largest absolute Gasteiger partial charge is 0.384 e. The molecule has 2 saturated carbocycles. The quantitative estimate of drug-likeness (QED) is 0.794. The van der Waals surface area contributed by atoms with Crippen LogP contribution in [0.3, 0.4) is 0 Å². The molecule has 1 aromatic rings. The highest BCUT2D eigenvalue weighted by molar-refractivity contribution is 5.33. The maximum absolute atomic E-state index is 5.92. The number of hydrogen-bond acceptors (Lipinski definition) is 3. The molecule has 2 N–H and O–H groups in total. The zero-order valence-electron chi connectivity index (χ0n) is 10.4. The van der Waals surface area contributed by atoms with E-state index in [1.54, 1.807) is 0 Å². The molecular weight excluding hydrogens is 210 g/mol. The van der Waals surface area contributed by atoms with Crippen LogP contribution in [0.15, 0.2) is 6.07 Å². The lowest BCUT2D eigenvalue weighted by Gasteiger charge is -2.14. The second kappa shape index (κ2) is 4.63. The Morgan fingerprint density at radius 1 is 0.882 bits per heavy atom. The standard InChI is InChI=1S/C14H21N3/c15-13-9-12(10-7-8-10)16-14(17-13)11-5-3-1-2-4-6-11/h9-11H,1-8H2,(H2,15,16,17). The van der Waals surface area contributed by atoms with Gasteiger partial charge in [-0.3, -0.25) is 0 Å². The maximum atomic E-state index is 5.92. The molecule has 0 saturated heterocycles. The first kappa shape index (κ1) is 11.0. The molecule has 1 heterocycles. The predicted molar refractivity (Wildman–Crippen MR) is 68.9 cm³/mol. The third kappa shape index (κ3) is 2.59. The molecule has 3 nitrogen and oxygen atoms in total. The fourth-order valence-electron chi connectivity index (χ4n) is 2.81. The summed E-state index contributed by atoms with van der Waals surface area (Å²) in [5.41, 5.74) is 7.11. The molecule has 0 radical (unpaired) electrons. The van der Waals surface area contributed by atoms with Crippen LogP contribution < -0.4 is 5.73 Å². The Labute approximate surface area is 103 Å². The molecule has 0 amide bonds. The molecule has 2 aliphatic carbocycles. The molecule has 2 aliphatic rings. The van der Waals surface area contributed by atoms with Crippen molar-refractivity contribution in [1.29, 1.82) is 0 Å². The highest BCUT2D eigenvalue weighted by atomic mass is 15.0. The van der Waals surface area contributed by atoms with E-state index in [9.17, 15) is 0 Å². The Morgan fingerprint density at radius 2 is 1.59 bits per heavy atom. The third-order valence-electron chi connectivity index (χ3n) is 4.00. The molecule has 92 valence electrons. The van der Waals surface area contributed by atoms with Crippen molar-refractivity contribution in [2.45, 2.75) is 63.2 Å². The first-order valence-electron chi connectivity index (χ1n) is 6.97. The summed E-state index contributed by atoms with van der Waals surface area (Å²) in [6.07, 6.45) is 10.4. The van der Waals surface area contributed by atoms with Crippen LogP contribution in [0, 0.1) is 0 Å². The number of nitrogens with zero attached hydrogens (tertiary/aromatic N) is 2. The maximum Gasteiger partial charge on any atom is 0.134 e. The fourth-order valence-corrected chi connectivity index (χ4v) is 2.81. The van der Waals surface area contributed by atoms with Crippen molar-refractivity contribution in [2.24, 2.45) is 0 Å². The lowest BCUT2D eigenvalue weighted by molar-refractivity contribution is 0.558. The van der Waals surface area contributed by atoms with Crippen LogP contribution in [0.5, 0.6) is 0 Å². The first-order valence-corrected chi connectivity index (χ1v) is 6.97. The summed E-state index contributed by atoms with van der Waals surface area (Å²) in [4.78, 5) is 9.25. The van der Waals surface area contributed by atoms with Gasteiger partial charge in [0.1, 0.15) is 11.6 Å². The van der Waals surface area contributed by atoms with Crippen molar-refractivity contribution in [3.8, 4) is 0 Å². The van der Waals surface area contributed by atoms with Crippen LogP contribution in [0.4, 0.5) is 5.82 Å². The van der Waals surface area contributed by atoms with Gasteiger partial charge in [0.2, 0.25) is 0 Å². The average molecular weight is 231 g/mol. The van der Waals surface area contributed by atoms with Crippen molar-refractivity contribution >= 4 is 5.82 Å². The minimum atomic E-state index is 0.554. The molecule has 0 spiro atoms. The summed E-state index contributed by atoms with van der Waals surface area (Å²) in [5.74, 6) is 2.92. The van der Waals surface area contributed by atoms with Gasteiger partial charge in [-0.2, -0.15) is 0 Å². The zero-order valence-corrected chi connectivity index (χ0v) is 10.4. The van der Waals surface area contributed by atoms with Gasteiger partial charge in [-0.15, -0.1) is 0 Å². The van der Waals surface area contributed by atoms with E-state index in [-0.39, 0.29) is 0 Å². The van der Waals surface area contributed by atoms with Gasteiger partial charge in [-0.1, -0.05) is 25.7 Å². The van der Waals surface area contributed by atoms with E-state index in [0.29, 0.717) is 17.7 Å². The molecule has 3 heteroatoms. The van der Waals surface area contributed by atoms with Gasteiger partial charge >= 0.3 is 0 Å². The van der Waals surface area contributed by atoms with E-state index in [4.69, 9.17) is 10.7 Å². The van der Waals surface area contributed by atoms with E-state index >= 15 is 0 Å². The van der Waals surface area contributed by atoms with Gasteiger partial charge in [0.25, 0.3) is 0 Å². The van der Waals surface area contributed by atoms with E-state index < -0.39 is 0 Å². The topological polar surface area (TPSA) is 51.8 Å². The Morgan fingerprint density at radius 3 is 2.24 bits per heavy atom. The summed E-state index contributed by atoms with van der Waals surface area (Å²) in [6, 6.07) is 1.97. The molecule has 0 aliphatic heterocycles. The molecule has 0 unspecified atom stereocenters. The Hall–Kier alpha value is -1.12. The molecule has 3 rings (SSSR count). The van der Waals surface area contributed by atoms with Crippen molar-refractivity contribution in [3.05, 3.63) is 17.6 Å². The van der Waals surface area contributed by atoms with Crippen LogP contribution in [0.2, 0.25) is 0 Å². The summed E-state index contributed by atoms with van der Waals surface area (Å²) in [5, 5.41) is 0. The second-order valence-electron chi connectivity index (χ2n) is 5.54. The molecule has 0 aromatic carbocycles. The number of rotatable bonds is 2. The van der Waals surface area contributed by atoms with E-state index in [1.807, 2.05) is 6.07 Å². The average Bonchev–Trinajstić information content (AvgIpc) is 3.16. The summed E-state index contributed by atoms with van der Waals surface area (Å²) >= 11 is 0. The van der Waals surface area contributed by atoms with Crippen LogP contribution in [0.1, 0.15) is 74.7 Å². The normalized spacial score (nSPS) is 22.4. The smallest absolute Gasteiger partial charge is 0.134 e. The van der Waals surface area contributed by atoms with Crippen molar-refractivity contribution in [2.75, 3.05) is 5.73 Å². The number of nitrogens with two attached hydrogens (primary N) is 1. The Balaban J connectivity index is 1.84. The number of anilines is 1. The third-order valence-corrected chi connectivity index (χ3v) is 4.00. The number of aromatic nitrogens is 2. The van der Waals surface area contributed by atoms with E-state index in [1.165, 1.54) is 57.1 Å². The highest BCUT2D eigenvalue weighted by Gasteiger charge is 2.27. The SMILES string of the molecule is Nc1cc(C2CC2)nc(C2CCCCCC2)n1. The molecular formula is C14H21N3. The minimum absolute atomic E-state index is 0.554. The van der Waals surface area contributed by atoms with Gasteiger partial charge in [-0.25, -0.2) is 9.97 Å². The van der Waals surface area contributed by atoms with Crippen LogP contribution >= 0.6 is 0 Å². The van der Waals surface area contributed by atoms with E-state index in [2.05, 4.69) is 4.98 Å². The van der Waals surface area contributed by atoms with Crippen molar-refractivity contribution in [3.63, 3.8) is 0 Å². The van der Waals surface area contributed by atoms with Gasteiger partial charge in [-0.05, 0) is 25.7 Å². The molecule has 0 atom stereocenters. The van der Waals surface area contributed by atoms with Gasteiger partial charge in [0.05, 0.1) is 0 Å². The van der Waals surface area contributed by atoms with E-state index in [0.717, 1.165) is 5.82 Å². The first-order chi connectivity index (χ1) is 8.33. The van der Waals surface area contributed by atoms with Crippen LogP contribution in [-0.4, -0.2) is 9.97 Å².